The van der Waals surface area contributed by atoms with Gasteiger partial charge in [0, 0.05) is 17.6 Å². The molecule has 2 aromatic rings. The summed E-state index contributed by atoms with van der Waals surface area (Å²) < 4.78 is 22.7. The summed E-state index contributed by atoms with van der Waals surface area (Å²) in [5.41, 5.74) is 1.19. The van der Waals surface area contributed by atoms with Crippen LogP contribution in [0.4, 0.5) is 5.69 Å². The van der Waals surface area contributed by atoms with Gasteiger partial charge >= 0.3 is 0 Å². The number of para-hydroxylation sites is 1. The second-order valence-corrected chi connectivity index (χ2v) is 8.00. The minimum absolute atomic E-state index is 0.0619. The van der Waals surface area contributed by atoms with Crippen molar-refractivity contribution in [2.45, 2.75) is 18.9 Å². The Morgan fingerprint density at radius 2 is 1.96 bits per heavy atom. The quantitative estimate of drug-likeness (QED) is 0.798. The van der Waals surface area contributed by atoms with Crippen LogP contribution in [0.2, 0.25) is 0 Å². The van der Waals surface area contributed by atoms with Gasteiger partial charge in [0.2, 0.25) is 11.8 Å². The van der Waals surface area contributed by atoms with Crippen molar-refractivity contribution in [1.29, 1.82) is 0 Å². The van der Waals surface area contributed by atoms with Gasteiger partial charge in [-0.3, -0.25) is 14.6 Å². The summed E-state index contributed by atoms with van der Waals surface area (Å²) in [5.74, 6) is -0.936. The standard InChI is InChI=1S/C16H17N3O4S/c20-14(18-12-6-8-24(22,23)10-12)9-15(21)19-13-5-1-3-11-4-2-7-17-16(11)13/h1-5,7,12H,6,8-10H2,(H,18,20)(H,19,21). The number of sulfone groups is 1. The number of carbonyl (C=O) groups excluding carboxylic acids is 2. The Hall–Kier alpha value is -2.48. The van der Waals surface area contributed by atoms with E-state index in [-0.39, 0.29) is 17.9 Å². The lowest BCUT2D eigenvalue weighted by atomic mass is 10.2. The molecule has 0 spiro atoms. The van der Waals surface area contributed by atoms with Crippen LogP contribution in [0.25, 0.3) is 10.9 Å². The van der Waals surface area contributed by atoms with Crippen molar-refractivity contribution in [1.82, 2.24) is 10.3 Å². The van der Waals surface area contributed by atoms with E-state index in [0.717, 1.165) is 5.39 Å². The first-order valence-corrected chi connectivity index (χ1v) is 9.38. The number of carbonyl (C=O) groups is 2. The lowest BCUT2D eigenvalue weighted by molar-refractivity contribution is -0.127. The average molecular weight is 347 g/mol. The molecule has 1 atom stereocenters. The predicted molar refractivity (Wildman–Crippen MR) is 90.2 cm³/mol. The van der Waals surface area contributed by atoms with Crippen LogP contribution in [0.5, 0.6) is 0 Å². The van der Waals surface area contributed by atoms with Crippen molar-refractivity contribution in [3.8, 4) is 0 Å². The number of amides is 2. The maximum Gasteiger partial charge on any atom is 0.233 e. The minimum atomic E-state index is -3.07. The number of hydrogen-bond donors (Lipinski definition) is 2. The van der Waals surface area contributed by atoms with E-state index in [4.69, 9.17) is 0 Å². The van der Waals surface area contributed by atoms with Crippen molar-refractivity contribution in [2.75, 3.05) is 16.8 Å². The number of benzene rings is 1. The van der Waals surface area contributed by atoms with Gasteiger partial charge in [0.25, 0.3) is 0 Å². The molecule has 2 N–H and O–H groups in total. The van der Waals surface area contributed by atoms with E-state index < -0.39 is 27.7 Å². The van der Waals surface area contributed by atoms with Gasteiger partial charge < -0.3 is 10.6 Å². The highest BCUT2D eigenvalue weighted by Gasteiger charge is 2.29. The fraction of sp³-hybridized carbons (Fsp3) is 0.312. The third-order valence-corrected chi connectivity index (χ3v) is 5.59. The van der Waals surface area contributed by atoms with Gasteiger partial charge in [-0.05, 0) is 18.6 Å². The molecule has 0 bridgehead atoms. The first-order chi connectivity index (χ1) is 11.4. The molecule has 1 aromatic heterocycles. The number of hydrogen-bond acceptors (Lipinski definition) is 5. The summed E-state index contributed by atoms with van der Waals surface area (Å²) >= 11 is 0. The smallest absolute Gasteiger partial charge is 0.233 e. The van der Waals surface area contributed by atoms with E-state index in [9.17, 15) is 18.0 Å². The molecule has 0 radical (unpaired) electrons. The molecule has 3 rings (SSSR count). The number of fused-ring (bicyclic) bond motifs is 1. The maximum atomic E-state index is 12.0. The van der Waals surface area contributed by atoms with Crippen molar-refractivity contribution >= 4 is 38.2 Å². The Bertz CT molecular complexity index is 890. The van der Waals surface area contributed by atoms with Crippen LogP contribution in [-0.2, 0) is 19.4 Å². The van der Waals surface area contributed by atoms with Gasteiger partial charge in [-0.15, -0.1) is 0 Å². The van der Waals surface area contributed by atoms with E-state index in [2.05, 4.69) is 15.6 Å². The van der Waals surface area contributed by atoms with Gasteiger partial charge in [0.1, 0.15) is 6.42 Å². The van der Waals surface area contributed by atoms with Crippen molar-refractivity contribution < 1.29 is 18.0 Å². The largest absolute Gasteiger partial charge is 0.352 e. The Balaban J connectivity index is 1.60. The zero-order valence-corrected chi connectivity index (χ0v) is 13.7. The van der Waals surface area contributed by atoms with Crippen LogP contribution >= 0.6 is 0 Å². The van der Waals surface area contributed by atoms with E-state index in [1.54, 1.807) is 24.4 Å². The molecular formula is C16H17N3O4S. The molecule has 8 heteroatoms. The number of nitrogens with zero attached hydrogens (tertiary/aromatic N) is 1. The van der Waals surface area contributed by atoms with Gasteiger partial charge in [-0.25, -0.2) is 8.42 Å². The molecule has 24 heavy (non-hydrogen) atoms. The molecule has 0 aliphatic carbocycles. The average Bonchev–Trinajstić information content (AvgIpc) is 2.86. The number of anilines is 1. The monoisotopic (exact) mass is 347 g/mol. The molecule has 1 aromatic carbocycles. The molecule has 1 aliphatic heterocycles. The highest BCUT2D eigenvalue weighted by Crippen LogP contribution is 2.20. The molecule has 7 nitrogen and oxygen atoms in total. The van der Waals surface area contributed by atoms with Crippen molar-refractivity contribution in [3.63, 3.8) is 0 Å². The highest BCUT2D eigenvalue weighted by atomic mass is 32.2. The lowest BCUT2D eigenvalue weighted by Gasteiger charge is -2.11. The summed E-state index contributed by atoms with van der Waals surface area (Å²) in [6, 6.07) is 8.67. The van der Waals surface area contributed by atoms with E-state index in [0.29, 0.717) is 17.6 Å². The summed E-state index contributed by atoms with van der Waals surface area (Å²) in [7, 11) is -3.07. The molecule has 0 saturated carbocycles. The predicted octanol–water partition coefficient (Wildman–Crippen LogP) is 0.867. The summed E-state index contributed by atoms with van der Waals surface area (Å²) in [6.07, 6.45) is 1.66. The van der Waals surface area contributed by atoms with E-state index in [1.807, 2.05) is 12.1 Å². The zero-order valence-electron chi connectivity index (χ0n) is 12.9. The molecule has 2 amide bonds. The van der Waals surface area contributed by atoms with E-state index in [1.165, 1.54) is 0 Å². The van der Waals surface area contributed by atoms with Crippen LogP contribution in [0.15, 0.2) is 36.5 Å². The fourth-order valence-electron chi connectivity index (χ4n) is 2.73. The Morgan fingerprint density at radius 1 is 1.17 bits per heavy atom. The topological polar surface area (TPSA) is 105 Å². The second kappa shape index (κ2) is 6.56. The van der Waals surface area contributed by atoms with Crippen molar-refractivity contribution in [2.24, 2.45) is 0 Å². The molecular weight excluding hydrogens is 330 g/mol. The summed E-state index contributed by atoms with van der Waals surface area (Å²) in [6.45, 7) is 0. The van der Waals surface area contributed by atoms with Crippen LogP contribution in [0.3, 0.4) is 0 Å². The number of nitrogens with one attached hydrogen (secondary N) is 2. The first-order valence-electron chi connectivity index (χ1n) is 7.56. The van der Waals surface area contributed by atoms with Gasteiger partial charge in [0.05, 0.1) is 22.7 Å². The second-order valence-electron chi connectivity index (χ2n) is 5.77. The Kier molecular flexibility index (Phi) is 4.48. The molecule has 126 valence electrons. The lowest BCUT2D eigenvalue weighted by Crippen LogP contribution is -2.37. The Labute approximate surface area is 139 Å². The van der Waals surface area contributed by atoms with E-state index >= 15 is 0 Å². The van der Waals surface area contributed by atoms with Crippen LogP contribution < -0.4 is 10.6 Å². The highest BCUT2D eigenvalue weighted by molar-refractivity contribution is 7.91. The SMILES string of the molecule is O=C(CC(=O)NC1CCS(=O)(=O)C1)Nc1cccc2cccnc12. The maximum absolute atomic E-state index is 12.0. The molecule has 1 unspecified atom stereocenters. The third-order valence-electron chi connectivity index (χ3n) is 3.83. The van der Waals surface area contributed by atoms with Gasteiger partial charge in [-0.1, -0.05) is 18.2 Å². The number of aromatic nitrogens is 1. The van der Waals surface area contributed by atoms with Gasteiger partial charge in [0.15, 0.2) is 9.84 Å². The molecule has 1 fully saturated rings. The number of rotatable bonds is 4. The fourth-order valence-corrected chi connectivity index (χ4v) is 4.41. The van der Waals surface area contributed by atoms with Crippen LogP contribution in [-0.4, -0.2) is 42.8 Å². The molecule has 1 saturated heterocycles. The van der Waals surface area contributed by atoms with Crippen molar-refractivity contribution in [3.05, 3.63) is 36.5 Å². The first kappa shape index (κ1) is 16.4. The normalized spacial score (nSPS) is 19.1. The molecule has 2 heterocycles. The summed E-state index contributed by atoms with van der Waals surface area (Å²) in [4.78, 5) is 28.2. The molecule has 1 aliphatic rings. The Morgan fingerprint density at radius 3 is 2.71 bits per heavy atom. The minimum Gasteiger partial charge on any atom is -0.352 e. The van der Waals surface area contributed by atoms with Crippen LogP contribution in [0.1, 0.15) is 12.8 Å². The summed E-state index contributed by atoms with van der Waals surface area (Å²) in [5, 5.41) is 6.16. The van der Waals surface area contributed by atoms with Crippen LogP contribution in [0, 0.1) is 0 Å². The third kappa shape index (κ3) is 3.88. The van der Waals surface area contributed by atoms with Gasteiger partial charge in [-0.2, -0.15) is 0 Å². The zero-order chi connectivity index (χ0) is 17.2. The number of pyridine rings is 1.